The number of carbonyl (C=O) groups is 1. The van der Waals surface area contributed by atoms with E-state index in [0.29, 0.717) is 6.54 Å². The quantitative estimate of drug-likeness (QED) is 0.788. The van der Waals surface area contributed by atoms with Crippen LogP contribution in [0.5, 0.6) is 0 Å². The Kier molecular flexibility index (Phi) is 4.75. The molecule has 0 bridgehead atoms. The monoisotopic (exact) mass is 237 g/mol. The Morgan fingerprint density at radius 2 is 2.18 bits per heavy atom. The molecule has 1 heterocycles. The van der Waals surface area contributed by atoms with Gasteiger partial charge >= 0.3 is 0 Å². The van der Waals surface area contributed by atoms with Gasteiger partial charge in [-0.3, -0.25) is 4.79 Å². The summed E-state index contributed by atoms with van der Waals surface area (Å²) in [6, 6.07) is 3.99. The molecule has 4 nitrogen and oxygen atoms in total. The Morgan fingerprint density at radius 1 is 1.47 bits per heavy atom. The molecule has 0 aliphatic carbocycles. The van der Waals surface area contributed by atoms with Crippen molar-refractivity contribution in [2.45, 2.75) is 45.8 Å². The molecule has 1 amide bonds. The fraction of sp³-hybridized carbons (Fsp3) is 0.615. The SMILES string of the molecule is CCC(C)(C)NC(=O)Cn1cccc1CNC. The minimum absolute atomic E-state index is 0.0606. The molecule has 0 atom stereocenters. The van der Waals surface area contributed by atoms with Crippen LogP contribution in [0.3, 0.4) is 0 Å². The van der Waals surface area contributed by atoms with Crippen molar-refractivity contribution in [1.29, 1.82) is 0 Å². The standard InChI is InChI=1S/C13H23N3O/c1-5-13(2,3)15-12(17)10-16-8-6-7-11(16)9-14-4/h6-8,14H,5,9-10H2,1-4H3,(H,15,17). The lowest BCUT2D eigenvalue weighted by molar-refractivity contribution is -0.123. The van der Waals surface area contributed by atoms with Crippen LogP contribution < -0.4 is 10.6 Å². The lowest BCUT2D eigenvalue weighted by Crippen LogP contribution is -2.44. The summed E-state index contributed by atoms with van der Waals surface area (Å²) >= 11 is 0. The van der Waals surface area contributed by atoms with Crippen molar-refractivity contribution < 1.29 is 4.79 Å². The zero-order valence-electron chi connectivity index (χ0n) is 11.2. The van der Waals surface area contributed by atoms with Gasteiger partial charge in [-0.05, 0) is 39.4 Å². The third-order valence-electron chi connectivity index (χ3n) is 2.96. The van der Waals surface area contributed by atoms with Crippen LogP contribution in [-0.4, -0.2) is 23.1 Å². The summed E-state index contributed by atoms with van der Waals surface area (Å²) < 4.78 is 1.97. The lowest BCUT2D eigenvalue weighted by Gasteiger charge is -2.24. The number of amides is 1. The van der Waals surface area contributed by atoms with Crippen molar-refractivity contribution in [2.24, 2.45) is 0 Å². The van der Waals surface area contributed by atoms with E-state index in [1.807, 2.05) is 43.8 Å². The van der Waals surface area contributed by atoms with Gasteiger partial charge in [-0.15, -0.1) is 0 Å². The van der Waals surface area contributed by atoms with E-state index in [9.17, 15) is 4.79 Å². The predicted molar refractivity (Wildman–Crippen MR) is 69.7 cm³/mol. The first-order valence-electron chi connectivity index (χ1n) is 6.08. The second kappa shape index (κ2) is 5.87. The molecule has 0 radical (unpaired) electrons. The first kappa shape index (κ1) is 13.8. The van der Waals surface area contributed by atoms with Crippen molar-refractivity contribution in [3.63, 3.8) is 0 Å². The van der Waals surface area contributed by atoms with E-state index < -0.39 is 0 Å². The van der Waals surface area contributed by atoms with Gasteiger partial charge < -0.3 is 15.2 Å². The van der Waals surface area contributed by atoms with Crippen molar-refractivity contribution >= 4 is 5.91 Å². The summed E-state index contributed by atoms with van der Waals surface area (Å²) in [5.41, 5.74) is 0.991. The Labute approximate surface area is 103 Å². The summed E-state index contributed by atoms with van der Waals surface area (Å²) in [6.07, 6.45) is 2.86. The van der Waals surface area contributed by atoms with Gasteiger partial charge in [0.05, 0.1) is 0 Å². The van der Waals surface area contributed by atoms with Crippen LogP contribution in [-0.2, 0) is 17.9 Å². The molecule has 0 aromatic carbocycles. The van der Waals surface area contributed by atoms with Crippen LogP contribution in [0.1, 0.15) is 32.9 Å². The molecule has 1 aromatic heterocycles. The first-order valence-corrected chi connectivity index (χ1v) is 6.08. The van der Waals surface area contributed by atoms with E-state index in [1.165, 1.54) is 0 Å². The Bertz CT molecular complexity index is 368. The minimum atomic E-state index is -0.132. The fourth-order valence-corrected chi connectivity index (χ4v) is 1.61. The molecule has 0 aliphatic rings. The smallest absolute Gasteiger partial charge is 0.240 e. The topological polar surface area (TPSA) is 46.1 Å². The van der Waals surface area contributed by atoms with Crippen molar-refractivity contribution in [2.75, 3.05) is 7.05 Å². The van der Waals surface area contributed by atoms with E-state index in [4.69, 9.17) is 0 Å². The normalized spacial score (nSPS) is 11.5. The molecule has 4 heteroatoms. The van der Waals surface area contributed by atoms with Gasteiger partial charge in [0.2, 0.25) is 5.91 Å². The molecule has 0 aliphatic heterocycles. The fourth-order valence-electron chi connectivity index (χ4n) is 1.61. The maximum absolute atomic E-state index is 11.9. The zero-order chi connectivity index (χ0) is 12.9. The molecule has 1 aromatic rings. The highest BCUT2D eigenvalue weighted by Gasteiger charge is 2.18. The third kappa shape index (κ3) is 4.23. The van der Waals surface area contributed by atoms with Crippen molar-refractivity contribution in [3.05, 3.63) is 24.0 Å². The highest BCUT2D eigenvalue weighted by atomic mass is 16.2. The van der Waals surface area contributed by atoms with Crippen LogP contribution in [0.15, 0.2) is 18.3 Å². The Hall–Kier alpha value is -1.29. The average molecular weight is 237 g/mol. The van der Waals surface area contributed by atoms with Gasteiger partial charge in [-0.1, -0.05) is 6.92 Å². The van der Waals surface area contributed by atoms with Crippen LogP contribution in [0.4, 0.5) is 0 Å². The highest BCUT2D eigenvalue weighted by Crippen LogP contribution is 2.07. The number of nitrogens with zero attached hydrogens (tertiary/aromatic N) is 1. The Morgan fingerprint density at radius 3 is 2.76 bits per heavy atom. The number of hydrogen-bond donors (Lipinski definition) is 2. The predicted octanol–water partition coefficient (Wildman–Crippen LogP) is 1.51. The molecule has 17 heavy (non-hydrogen) atoms. The van der Waals surface area contributed by atoms with E-state index in [0.717, 1.165) is 18.7 Å². The number of aromatic nitrogens is 1. The molecule has 0 fully saturated rings. The van der Waals surface area contributed by atoms with Crippen LogP contribution in [0.2, 0.25) is 0 Å². The van der Waals surface area contributed by atoms with E-state index >= 15 is 0 Å². The molecule has 0 spiro atoms. The second-order valence-corrected chi connectivity index (χ2v) is 4.94. The number of rotatable bonds is 6. The average Bonchev–Trinajstić information content (AvgIpc) is 2.65. The van der Waals surface area contributed by atoms with E-state index in [2.05, 4.69) is 17.6 Å². The second-order valence-electron chi connectivity index (χ2n) is 4.94. The maximum Gasteiger partial charge on any atom is 0.240 e. The number of hydrogen-bond acceptors (Lipinski definition) is 2. The highest BCUT2D eigenvalue weighted by molar-refractivity contribution is 5.76. The van der Waals surface area contributed by atoms with E-state index in [1.54, 1.807) is 0 Å². The number of carbonyl (C=O) groups excluding carboxylic acids is 1. The minimum Gasteiger partial charge on any atom is -0.350 e. The Balaban J connectivity index is 2.59. The summed E-state index contributed by atoms with van der Waals surface area (Å²) in [5.74, 6) is 0.0606. The largest absolute Gasteiger partial charge is 0.350 e. The summed E-state index contributed by atoms with van der Waals surface area (Å²) in [4.78, 5) is 11.9. The summed E-state index contributed by atoms with van der Waals surface area (Å²) in [6.45, 7) is 7.30. The zero-order valence-corrected chi connectivity index (χ0v) is 11.2. The first-order chi connectivity index (χ1) is 7.98. The van der Waals surface area contributed by atoms with Gasteiger partial charge in [0.15, 0.2) is 0 Å². The molecular weight excluding hydrogens is 214 g/mol. The van der Waals surface area contributed by atoms with Crippen molar-refractivity contribution in [1.82, 2.24) is 15.2 Å². The third-order valence-corrected chi connectivity index (χ3v) is 2.96. The molecule has 0 saturated carbocycles. The van der Waals surface area contributed by atoms with Gasteiger partial charge in [-0.2, -0.15) is 0 Å². The summed E-state index contributed by atoms with van der Waals surface area (Å²) in [7, 11) is 1.90. The number of nitrogens with one attached hydrogen (secondary N) is 2. The van der Waals surface area contributed by atoms with Gasteiger partial charge in [0.25, 0.3) is 0 Å². The molecular formula is C13H23N3O. The molecule has 0 saturated heterocycles. The molecule has 96 valence electrons. The maximum atomic E-state index is 11.9. The molecule has 2 N–H and O–H groups in total. The van der Waals surface area contributed by atoms with Gasteiger partial charge in [0.1, 0.15) is 6.54 Å². The lowest BCUT2D eigenvalue weighted by atomic mass is 10.0. The van der Waals surface area contributed by atoms with Crippen LogP contribution >= 0.6 is 0 Å². The molecule has 1 rings (SSSR count). The van der Waals surface area contributed by atoms with E-state index in [-0.39, 0.29) is 11.4 Å². The van der Waals surface area contributed by atoms with Crippen LogP contribution in [0, 0.1) is 0 Å². The molecule has 0 unspecified atom stereocenters. The summed E-state index contributed by atoms with van der Waals surface area (Å²) in [5, 5.41) is 6.12. The van der Waals surface area contributed by atoms with Crippen LogP contribution in [0.25, 0.3) is 0 Å². The van der Waals surface area contributed by atoms with Crippen molar-refractivity contribution in [3.8, 4) is 0 Å². The van der Waals surface area contributed by atoms with Gasteiger partial charge in [-0.25, -0.2) is 0 Å². The van der Waals surface area contributed by atoms with Gasteiger partial charge in [0, 0.05) is 24.0 Å².